The summed E-state index contributed by atoms with van der Waals surface area (Å²) in [5.74, 6) is -0.00518. The summed E-state index contributed by atoms with van der Waals surface area (Å²) in [6, 6.07) is 13.8. The molecular weight excluding hydrogens is 449 g/mol. The van der Waals surface area contributed by atoms with E-state index in [9.17, 15) is 13.2 Å². The van der Waals surface area contributed by atoms with Crippen molar-refractivity contribution in [1.29, 1.82) is 0 Å². The van der Waals surface area contributed by atoms with Crippen LogP contribution in [-0.2, 0) is 14.8 Å². The van der Waals surface area contributed by atoms with Crippen molar-refractivity contribution < 1.29 is 17.9 Å². The van der Waals surface area contributed by atoms with Crippen LogP contribution in [0.1, 0.15) is 0 Å². The fourth-order valence-electron chi connectivity index (χ4n) is 2.60. The Morgan fingerprint density at radius 2 is 1.83 bits per heavy atom. The number of halogens is 2. The second-order valence-corrected chi connectivity index (χ2v) is 8.75. The van der Waals surface area contributed by atoms with Gasteiger partial charge in [-0.2, -0.15) is 0 Å². The van der Waals surface area contributed by atoms with Gasteiger partial charge in [0.15, 0.2) is 0 Å². The Kier molecular flexibility index (Phi) is 6.81. The SMILES string of the molecule is COc1ccc(N(CC(=O)Nc2ccc(Cl)c(Cl)c2)S(=O)(=O)c2cccnc2)cc1. The lowest BCUT2D eigenvalue weighted by molar-refractivity contribution is -0.114. The number of hydrogen-bond acceptors (Lipinski definition) is 5. The van der Waals surface area contributed by atoms with Crippen LogP contribution in [0.4, 0.5) is 11.4 Å². The molecule has 0 fully saturated rings. The van der Waals surface area contributed by atoms with Crippen molar-refractivity contribution in [2.75, 3.05) is 23.3 Å². The van der Waals surface area contributed by atoms with E-state index in [-0.39, 0.29) is 9.92 Å². The molecule has 0 spiro atoms. The quantitative estimate of drug-likeness (QED) is 0.563. The molecule has 1 heterocycles. The Labute approximate surface area is 184 Å². The molecular formula is C20H17Cl2N3O4S. The first-order valence-corrected chi connectivity index (χ1v) is 10.8. The Morgan fingerprint density at radius 3 is 2.43 bits per heavy atom. The topological polar surface area (TPSA) is 88.6 Å². The van der Waals surface area contributed by atoms with Crippen LogP contribution in [0.5, 0.6) is 5.75 Å². The fraction of sp³-hybridized carbons (Fsp3) is 0.100. The van der Waals surface area contributed by atoms with E-state index in [2.05, 4.69) is 10.3 Å². The third-order valence-electron chi connectivity index (χ3n) is 4.07. The number of benzene rings is 2. The van der Waals surface area contributed by atoms with E-state index in [4.69, 9.17) is 27.9 Å². The van der Waals surface area contributed by atoms with E-state index < -0.39 is 22.5 Å². The number of hydrogen-bond donors (Lipinski definition) is 1. The summed E-state index contributed by atoms with van der Waals surface area (Å²) in [6.07, 6.45) is 2.69. The molecule has 0 bridgehead atoms. The number of amides is 1. The van der Waals surface area contributed by atoms with Gasteiger partial charge in [-0.3, -0.25) is 14.1 Å². The molecule has 1 aromatic heterocycles. The highest BCUT2D eigenvalue weighted by molar-refractivity contribution is 7.92. The molecule has 3 rings (SSSR count). The average Bonchev–Trinajstić information content (AvgIpc) is 2.75. The second kappa shape index (κ2) is 9.34. The molecule has 0 aliphatic rings. The van der Waals surface area contributed by atoms with E-state index in [1.807, 2.05) is 0 Å². The Morgan fingerprint density at radius 1 is 1.10 bits per heavy atom. The maximum atomic E-state index is 13.2. The van der Waals surface area contributed by atoms with Crippen molar-refractivity contribution >= 4 is 50.5 Å². The van der Waals surface area contributed by atoms with Gasteiger partial charge < -0.3 is 10.1 Å². The molecule has 0 aliphatic carbocycles. The molecule has 0 atom stereocenters. The number of carbonyl (C=O) groups excluding carboxylic acids is 1. The van der Waals surface area contributed by atoms with Crippen LogP contribution >= 0.6 is 23.2 Å². The Bertz CT molecular complexity index is 1140. The maximum absolute atomic E-state index is 13.2. The number of aromatic nitrogens is 1. The first kappa shape index (κ1) is 21.9. The normalized spacial score (nSPS) is 11.0. The number of rotatable bonds is 7. The van der Waals surface area contributed by atoms with Crippen LogP contribution in [-0.4, -0.2) is 33.0 Å². The van der Waals surface area contributed by atoms with Crippen molar-refractivity contribution in [3.05, 3.63) is 77.0 Å². The minimum atomic E-state index is -4.05. The molecule has 0 aliphatic heterocycles. The third-order valence-corrected chi connectivity index (χ3v) is 6.57. The molecule has 0 unspecified atom stereocenters. The predicted molar refractivity (Wildman–Crippen MR) is 117 cm³/mol. The number of nitrogens with zero attached hydrogens (tertiary/aromatic N) is 2. The molecule has 30 heavy (non-hydrogen) atoms. The molecule has 0 radical (unpaired) electrons. The van der Waals surface area contributed by atoms with Crippen molar-refractivity contribution in [3.8, 4) is 5.75 Å². The highest BCUT2D eigenvalue weighted by atomic mass is 35.5. The number of pyridine rings is 1. The number of sulfonamides is 1. The Hall–Kier alpha value is -2.81. The zero-order valence-electron chi connectivity index (χ0n) is 15.7. The molecule has 156 valence electrons. The van der Waals surface area contributed by atoms with Crippen molar-refractivity contribution in [3.63, 3.8) is 0 Å². The van der Waals surface area contributed by atoms with Crippen molar-refractivity contribution in [1.82, 2.24) is 4.98 Å². The molecule has 7 nitrogen and oxygen atoms in total. The van der Waals surface area contributed by atoms with Gasteiger partial charge in [-0.25, -0.2) is 8.42 Å². The molecule has 1 amide bonds. The first-order chi connectivity index (χ1) is 14.3. The van der Waals surface area contributed by atoms with Crippen LogP contribution in [0.2, 0.25) is 10.0 Å². The van der Waals surface area contributed by atoms with Gasteiger partial charge in [-0.15, -0.1) is 0 Å². The van der Waals surface area contributed by atoms with Gasteiger partial charge in [0, 0.05) is 18.1 Å². The molecule has 10 heteroatoms. The van der Waals surface area contributed by atoms with Crippen LogP contribution in [0.15, 0.2) is 71.9 Å². The van der Waals surface area contributed by atoms with E-state index in [0.29, 0.717) is 22.1 Å². The minimum Gasteiger partial charge on any atom is -0.497 e. The second-order valence-electron chi connectivity index (χ2n) is 6.08. The maximum Gasteiger partial charge on any atom is 0.266 e. The fourth-order valence-corrected chi connectivity index (χ4v) is 4.28. The highest BCUT2D eigenvalue weighted by Crippen LogP contribution is 2.27. The van der Waals surface area contributed by atoms with Gasteiger partial charge in [0.1, 0.15) is 17.2 Å². The predicted octanol–water partition coefficient (Wildman–Crippen LogP) is 4.23. The van der Waals surface area contributed by atoms with Gasteiger partial charge in [0.05, 0.1) is 22.8 Å². The van der Waals surface area contributed by atoms with Crippen LogP contribution < -0.4 is 14.4 Å². The molecule has 3 aromatic rings. The number of methoxy groups -OCH3 is 1. The third kappa shape index (κ3) is 5.02. The van der Waals surface area contributed by atoms with E-state index >= 15 is 0 Å². The molecule has 2 aromatic carbocycles. The van der Waals surface area contributed by atoms with Crippen LogP contribution in [0.3, 0.4) is 0 Å². The van der Waals surface area contributed by atoms with E-state index in [1.165, 1.54) is 43.8 Å². The van der Waals surface area contributed by atoms with Gasteiger partial charge in [-0.05, 0) is 54.6 Å². The van der Waals surface area contributed by atoms with E-state index in [0.717, 1.165) is 4.31 Å². The summed E-state index contributed by atoms with van der Waals surface area (Å²) < 4.78 is 32.5. The number of carbonyl (C=O) groups is 1. The summed E-state index contributed by atoms with van der Waals surface area (Å²) in [5.41, 5.74) is 0.687. The first-order valence-electron chi connectivity index (χ1n) is 8.63. The van der Waals surface area contributed by atoms with Gasteiger partial charge in [0.2, 0.25) is 5.91 Å². The number of nitrogens with one attached hydrogen (secondary N) is 1. The molecule has 1 N–H and O–H groups in total. The lowest BCUT2D eigenvalue weighted by atomic mass is 10.3. The van der Waals surface area contributed by atoms with Crippen LogP contribution in [0, 0.1) is 0 Å². The standard InChI is InChI=1S/C20H17Cl2N3O4S/c1-29-16-7-5-15(6-8-16)25(30(27,28)17-3-2-10-23-12-17)13-20(26)24-14-4-9-18(21)19(22)11-14/h2-12H,13H2,1H3,(H,24,26). The van der Waals surface area contributed by atoms with E-state index in [1.54, 1.807) is 30.3 Å². The van der Waals surface area contributed by atoms with Gasteiger partial charge in [-0.1, -0.05) is 23.2 Å². The lowest BCUT2D eigenvalue weighted by Gasteiger charge is -2.24. The van der Waals surface area contributed by atoms with Crippen LogP contribution in [0.25, 0.3) is 0 Å². The smallest absolute Gasteiger partial charge is 0.266 e. The monoisotopic (exact) mass is 465 g/mol. The number of anilines is 2. The zero-order valence-corrected chi connectivity index (χ0v) is 18.1. The lowest BCUT2D eigenvalue weighted by Crippen LogP contribution is -2.38. The summed E-state index contributed by atoms with van der Waals surface area (Å²) >= 11 is 11.9. The number of ether oxygens (including phenoxy) is 1. The minimum absolute atomic E-state index is 0.0387. The molecule has 0 saturated heterocycles. The summed E-state index contributed by atoms with van der Waals surface area (Å²) in [4.78, 5) is 16.5. The van der Waals surface area contributed by atoms with Crippen molar-refractivity contribution in [2.24, 2.45) is 0 Å². The molecule has 0 saturated carbocycles. The van der Waals surface area contributed by atoms with Gasteiger partial charge in [0.25, 0.3) is 10.0 Å². The summed E-state index contributed by atoms with van der Waals surface area (Å²) in [7, 11) is -2.55. The van der Waals surface area contributed by atoms with Gasteiger partial charge >= 0.3 is 0 Å². The Balaban J connectivity index is 1.92. The highest BCUT2D eigenvalue weighted by Gasteiger charge is 2.27. The summed E-state index contributed by atoms with van der Waals surface area (Å²) in [5, 5.41) is 3.24. The largest absolute Gasteiger partial charge is 0.497 e. The van der Waals surface area contributed by atoms with Crippen molar-refractivity contribution in [2.45, 2.75) is 4.90 Å². The summed E-state index contributed by atoms with van der Waals surface area (Å²) in [6.45, 7) is -0.468. The zero-order chi connectivity index (χ0) is 21.7. The average molecular weight is 466 g/mol.